The van der Waals surface area contributed by atoms with Crippen LogP contribution in [0, 0.1) is 0 Å². The average Bonchev–Trinajstić information content (AvgIpc) is 2.46. The summed E-state index contributed by atoms with van der Waals surface area (Å²) >= 11 is 0. The molecule has 1 amide bonds. The largest absolute Gasteiger partial charge is 0.347 e. The molecule has 0 saturated heterocycles. The highest BCUT2D eigenvalue weighted by Crippen LogP contribution is 2.14. The number of carbonyl (C=O) groups excluding carboxylic acids is 1. The van der Waals surface area contributed by atoms with E-state index < -0.39 is 0 Å². The summed E-state index contributed by atoms with van der Waals surface area (Å²) in [5.41, 5.74) is 2.16. The number of amides is 1. The van der Waals surface area contributed by atoms with Crippen molar-refractivity contribution in [1.29, 1.82) is 0 Å². The molecule has 2 aromatic rings. The molecule has 0 bridgehead atoms. The van der Waals surface area contributed by atoms with Crippen LogP contribution in [0.4, 0.5) is 0 Å². The van der Waals surface area contributed by atoms with Gasteiger partial charge in [-0.15, -0.1) is 0 Å². The number of H-pyrrole nitrogens is 1. The minimum Gasteiger partial charge on any atom is -0.347 e. The Kier molecular flexibility index (Phi) is 4.30. The molecule has 20 heavy (non-hydrogen) atoms. The molecule has 0 unspecified atom stereocenters. The number of benzene rings is 1. The molecular weight excluding hydrogens is 254 g/mol. The lowest BCUT2D eigenvalue weighted by molar-refractivity contribution is 0.0945. The van der Waals surface area contributed by atoms with Crippen molar-refractivity contribution in [2.24, 2.45) is 0 Å². The molecular formula is C15H17N3O2. The monoisotopic (exact) mass is 271 g/mol. The second-order valence-electron chi connectivity index (χ2n) is 4.89. The Morgan fingerprint density at radius 3 is 2.45 bits per heavy atom. The SMILES string of the molecule is CC(C)c1ccc(CNC(=O)c2ccc(=O)[nH]n2)cc1. The summed E-state index contributed by atoms with van der Waals surface area (Å²) in [6, 6.07) is 10.8. The first-order chi connectivity index (χ1) is 9.56. The molecule has 5 nitrogen and oxygen atoms in total. The Balaban J connectivity index is 1.96. The second kappa shape index (κ2) is 6.14. The van der Waals surface area contributed by atoms with Crippen molar-refractivity contribution in [3.63, 3.8) is 0 Å². The number of aromatic nitrogens is 2. The van der Waals surface area contributed by atoms with Gasteiger partial charge in [0, 0.05) is 12.6 Å². The van der Waals surface area contributed by atoms with Gasteiger partial charge in [-0.2, -0.15) is 5.10 Å². The minimum absolute atomic E-state index is 0.198. The van der Waals surface area contributed by atoms with Gasteiger partial charge in [-0.25, -0.2) is 5.10 Å². The number of aromatic amines is 1. The maximum absolute atomic E-state index is 11.8. The second-order valence-corrected chi connectivity index (χ2v) is 4.89. The Labute approximate surface area is 117 Å². The maximum atomic E-state index is 11.8. The minimum atomic E-state index is -0.328. The van der Waals surface area contributed by atoms with E-state index in [1.165, 1.54) is 17.7 Å². The van der Waals surface area contributed by atoms with Crippen molar-refractivity contribution in [3.05, 3.63) is 63.6 Å². The van der Waals surface area contributed by atoms with E-state index in [4.69, 9.17) is 0 Å². The molecule has 0 saturated carbocycles. The highest BCUT2D eigenvalue weighted by Gasteiger charge is 2.07. The number of rotatable bonds is 4. The Bertz CT molecular complexity index is 624. The molecule has 0 aliphatic heterocycles. The summed E-state index contributed by atoms with van der Waals surface area (Å²) in [4.78, 5) is 22.7. The first-order valence-corrected chi connectivity index (χ1v) is 6.49. The predicted octanol–water partition coefficient (Wildman–Crippen LogP) is 1.82. The predicted molar refractivity (Wildman–Crippen MR) is 76.6 cm³/mol. The van der Waals surface area contributed by atoms with Crippen LogP contribution < -0.4 is 10.9 Å². The van der Waals surface area contributed by atoms with Crippen molar-refractivity contribution < 1.29 is 4.79 Å². The lowest BCUT2D eigenvalue weighted by Gasteiger charge is -2.08. The van der Waals surface area contributed by atoms with E-state index in [2.05, 4.69) is 41.5 Å². The summed E-state index contributed by atoms with van der Waals surface area (Å²) < 4.78 is 0. The van der Waals surface area contributed by atoms with Crippen LogP contribution in [-0.4, -0.2) is 16.1 Å². The van der Waals surface area contributed by atoms with E-state index in [-0.39, 0.29) is 17.2 Å². The molecule has 104 valence electrons. The number of nitrogens with zero attached hydrogens (tertiary/aromatic N) is 1. The molecule has 0 spiro atoms. The van der Waals surface area contributed by atoms with Crippen LogP contribution in [0.2, 0.25) is 0 Å². The Morgan fingerprint density at radius 1 is 1.20 bits per heavy atom. The van der Waals surface area contributed by atoms with Gasteiger partial charge in [0.05, 0.1) is 0 Å². The van der Waals surface area contributed by atoms with Crippen LogP contribution in [0.1, 0.15) is 41.4 Å². The van der Waals surface area contributed by atoms with Crippen LogP contribution in [0.3, 0.4) is 0 Å². The van der Waals surface area contributed by atoms with Gasteiger partial charge in [-0.3, -0.25) is 9.59 Å². The summed E-state index contributed by atoms with van der Waals surface area (Å²) in [6.45, 7) is 4.70. The first-order valence-electron chi connectivity index (χ1n) is 6.49. The Morgan fingerprint density at radius 2 is 1.90 bits per heavy atom. The fourth-order valence-electron chi connectivity index (χ4n) is 1.76. The third-order valence-corrected chi connectivity index (χ3v) is 3.01. The standard InChI is InChI=1S/C15H17N3O2/c1-10(2)12-5-3-11(4-6-12)9-16-15(20)13-7-8-14(19)18-17-13/h3-8,10H,9H2,1-2H3,(H,16,20)(H,18,19). The van der Waals surface area contributed by atoms with E-state index in [0.29, 0.717) is 12.5 Å². The number of hydrogen-bond donors (Lipinski definition) is 2. The van der Waals surface area contributed by atoms with Crippen LogP contribution in [0.15, 0.2) is 41.2 Å². The van der Waals surface area contributed by atoms with Gasteiger partial charge in [0.1, 0.15) is 5.69 Å². The third-order valence-electron chi connectivity index (χ3n) is 3.01. The zero-order valence-corrected chi connectivity index (χ0v) is 11.5. The summed E-state index contributed by atoms with van der Waals surface area (Å²) in [6.07, 6.45) is 0. The highest BCUT2D eigenvalue weighted by molar-refractivity contribution is 5.91. The van der Waals surface area contributed by atoms with Gasteiger partial charge < -0.3 is 5.32 Å². The molecule has 2 rings (SSSR count). The lowest BCUT2D eigenvalue weighted by atomic mass is 10.0. The molecule has 0 aliphatic carbocycles. The van der Waals surface area contributed by atoms with Crippen molar-refractivity contribution in [2.45, 2.75) is 26.3 Å². The van der Waals surface area contributed by atoms with Crippen molar-refractivity contribution in [3.8, 4) is 0 Å². The first kappa shape index (κ1) is 14.0. The summed E-state index contributed by atoms with van der Waals surface area (Å²) in [5, 5.41) is 8.67. The molecule has 1 aromatic heterocycles. The highest BCUT2D eigenvalue weighted by atomic mass is 16.2. The van der Waals surface area contributed by atoms with E-state index in [9.17, 15) is 9.59 Å². The van der Waals surface area contributed by atoms with Gasteiger partial charge in [0.15, 0.2) is 0 Å². The van der Waals surface area contributed by atoms with Gasteiger partial charge >= 0.3 is 0 Å². The average molecular weight is 271 g/mol. The summed E-state index contributed by atoms with van der Waals surface area (Å²) in [5.74, 6) is 0.179. The molecule has 0 aliphatic rings. The molecule has 5 heteroatoms. The zero-order valence-electron chi connectivity index (χ0n) is 11.5. The van der Waals surface area contributed by atoms with Gasteiger partial charge in [-0.05, 0) is 23.1 Å². The van der Waals surface area contributed by atoms with Gasteiger partial charge in [-0.1, -0.05) is 38.1 Å². The van der Waals surface area contributed by atoms with Crippen molar-refractivity contribution >= 4 is 5.91 Å². The molecule has 0 radical (unpaired) electrons. The summed E-state index contributed by atoms with van der Waals surface area (Å²) in [7, 11) is 0. The smallest absolute Gasteiger partial charge is 0.271 e. The van der Waals surface area contributed by atoms with Crippen LogP contribution in [0.25, 0.3) is 0 Å². The topological polar surface area (TPSA) is 74.8 Å². The van der Waals surface area contributed by atoms with Crippen LogP contribution >= 0.6 is 0 Å². The lowest BCUT2D eigenvalue weighted by Crippen LogP contribution is -2.25. The van der Waals surface area contributed by atoms with Crippen molar-refractivity contribution in [2.75, 3.05) is 0 Å². The van der Waals surface area contributed by atoms with Crippen molar-refractivity contribution in [1.82, 2.24) is 15.5 Å². The van der Waals surface area contributed by atoms with Gasteiger partial charge in [0.2, 0.25) is 0 Å². The van der Waals surface area contributed by atoms with E-state index in [0.717, 1.165) is 5.56 Å². The molecule has 0 atom stereocenters. The van der Waals surface area contributed by atoms with Gasteiger partial charge in [0.25, 0.3) is 11.5 Å². The quantitative estimate of drug-likeness (QED) is 0.890. The molecule has 0 fully saturated rings. The number of nitrogens with one attached hydrogen (secondary N) is 2. The fraction of sp³-hybridized carbons (Fsp3) is 0.267. The van der Waals surface area contributed by atoms with E-state index in [1.54, 1.807) is 0 Å². The maximum Gasteiger partial charge on any atom is 0.271 e. The molecule has 1 heterocycles. The van der Waals surface area contributed by atoms with E-state index >= 15 is 0 Å². The van der Waals surface area contributed by atoms with E-state index in [1.807, 2.05) is 12.1 Å². The third kappa shape index (κ3) is 3.54. The normalized spacial score (nSPS) is 10.6. The fourth-order valence-corrected chi connectivity index (χ4v) is 1.76. The van der Waals surface area contributed by atoms with Crippen LogP contribution in [0.5, 0.6) is 0 Å². The Hall–Kier alpha value is -2.43. The number of hydrogen-bond acceptors (Lipinski definition) is 3. The molecule has 2 N–H and O–H groups in total. The number of carbonyl (C=O) groups is 1. The zero-order chi connectivity index (χ0) is 14.5. The van der Waals surface area contributed by atoms with Crippen LogP contribution in [-0.2, 0) is 6.54 Å². The molecule has 1 aromatic carbocycles.